The smallest absolute Gasteiger partial charge is 0.312 e. The van der Waals surface area contributed by atoms with E-state index in [1.54, 1.807) is 0 Å². The highest BCUT2D eigenvalue weighted by Gasteiger charge is 2.60. The Morgan fingerprint density at radius 2 is 1.90 bits per heavy atom. The molecule has 3 fully saturated rings. The SMILES string of the molecule is NC(=O)NCC(=O)N(CCc1ccccc1)C12CC(C1)C2. The fourth-order valence-corrected chi connectivity index (χ4v) is 3.53. The first-order valence-electron chi connectivity index (χ1n) is 7.47. The van der Waals surface area contributed by atoms with E-state index in [1.807, 2.05) is 23.1 Å². The molecule has 0 heterocycles. The topological polar surface area (TPSA) is 75.4 Å². The van der Waals surface area contributed by atoms with E-state index >= 15 is 0 Å². The summed E-state index contributed by atoms with van der Waals surface area (Å²) in [6.45, 7) is 0.701. The molecule has 0 spiro atoms. The van der Waals surface area contributed by atoms with Crippen LogP contribution in [0.15, 0.2) is 30.3 Å². The van der Waals surface area contributed by atoms with Crippen LogP contribution in [-0.2, 0) is 11.2 Å². The second kappa shape index (κ2) is 5.39. The molecule has 0 aromatic heterocycles. The van der Waals surface area contributed by atoms with Crippen LogP contribution in [0, 0.1) is 5.92 Å². The summed E-state index contributed by atoms with van der Waals surface area (Å²) in [6, 6.07) is 9.51. The third-order valence-corrected chi connectivity index (χ3v) is 4.76. The van der Waals surface area contributed by atoms with Gasteiger partial charge in [0.15, 0.2) is 0 Å². The summed E-state index contributed by atoms with van der Waals surface area (Å²) < 4.78 is 0. The Hall–Kier alpha value is -2.04. The van der Waals surface area contributed by atoms with Crippen LogP contribution in [-0.4, -0.2) is 35.5 Å². The fraction of sp³-hybridized carbons (Fsp3) is 0.500. The molecule has 0 saturated heterocycles. The van der Waals surface area contributed by atoms with Crippen molar-refractivity contribution in [2.45, 2.75) is 31.2 Å². The summed E-state index contributed by atoms with van der Waals surface area (Å²) in [4.78, 5) is 25.1. The van der Waals surface area contributed by atoms with Crippen LogP contribution >= 0.6 is 0 Å². The van der Waals surface area contributed by atoms with Gasteiger partial charge in [0.05, 0.1) is 6.54 Å². The quantitative estimate of drug-likeness (QED) is 0.827. The fourth-order valence-electron chi connectivity index (χ4n) is 3.53. The Balaban J connectivity index is 1.62. The van der Waals surface area contributed by atoms with Crippen molar-refractivity contribution in [2.75, 3.05) is 13.1 Å². The molecule has 3 amide bonds. The highest BCUT2D eigenvalue weighted by molar-refractivity contribution is 5.84. The molecule has 1 aromatic rings. The normalized spacial score (nSPS) is 25.4. The minimum absolute atomic E-state index is 0.00343. The molecule has 112 valence electrons. The second-order valence-corrected chi connectivity index (χ2v) is 6.20. The molecule has 0 atom stereocenters. The first kappa shape index (κ1) is 13.9. The van der Waals surface area contributed by atoms with Gasteiger partial charge in [0.25, 0.3) is 0 Å². The highest BCUT2D eigenvalue weighted by Crippen LogP contribution is 2.60. The molecule has 5 heteroatoms. The van der Waals surface area contributed by atoms with E-state index < -0.39 is 6.03 Å². The average molecular weight is 287 g/mol. The lowest BCUT2D eigenvalue weighted by molar-refractivity contribution is -0.170. The molecular weight excluding hydrogens is 266 g/mol. The summed E-state index contributed by atoms with van der Waals surface area (Å²) >= 11 is 0. The Morgan fingerprint density at radius 3 is 2.43 bits per heavy atom. The van der Waals surface area contributed by atoms with Gasteiger partial charge in [-0.15, -0.1) is 0 Å². The van der Waals surface area contributed by atoms with Gasteiger partial charge in [-0.25, -0.2) is 4.79 Å². The van der Waals surface area contributed by atoms with Gasteiger partial charge in [-0.3, -0.25) is 4.79 Å². The Kier molecular flexibility index (Phi) is 3.57. The van der Waals surface area contributed by atoms with Crippen molar-refractivity contribution in [1.29, 1.82) is 0 Å². The zero-order valence-corrected chi connectivity index (χ0v) is 12.0. The zero-order chi connectivity index (χ0) is 14.9. The molecular formula is C16H21N3O2. The minimum Gasteiger partial charge on any atom is -0.352 e. The van der Waals surface area contributed by atoms with E-state index in [1.165, 1.54) is 5.56 Å². The molecule has 0 unspecified atom stereocenters. The molecule has 4 rings (SSSR count). The summed E-state index contributed by atoms with van der Waals surface area (Å²) in [5.74, 6) is 0.781. The van der Waals surface area contributed by atoms with Crippen LogP contribution in [0.4, 0.5) is 4.79 Å². The van der Waals surface area contributed by atoms with E-state index in [0.29, 0.717) is 6.54 Å². The van der Waals surface area contributed by atoms with Crippen molar-refractivity contribution >= 4 is 11.9 Å². The molecule has 3 aliphatic rings. The number of carbonyl (C=O) groups excluding carboxylic acids is 2. The number of rotatable bonds is 6. The molecule has 3 saturated carbocycles. The minimum atomic E-state index is -0.649. The predicted molar refractivity (Wildman–Crippen MR) is 79.5 cm³/mol. The van der Waals surface area contributed by atoms with Crippen molar-refractivity contribution < 1.29 is 9.59 Å². The van der Waals surface area contributed by atoms with E-state index in [9.17, 15) is 9.59 Å². The number of amides is 3. The molecule has 5 nitrogen and oxygen atoms in total. The number of carbonyl (C=O) groups is 2. The standard InChI is InChI=1S/C16H21N3O2/c17-15(21)18-11-14(20)19(16-8-13(9-16)10-16)7-6-12-4-2-1-3-5-12/h1-5,13H,6-11H2,(H3,17,18,21). The van der Waals surface area contributed by atoms with Crippen LogP contribution in [0.3, 0.4) is 0 Å². The largest absolute Gasteiger partial charge is 0.352 e. The Morgan fingerprint density at radius 1 is 1.24 bits per heavy atom. The molecule has 21 heavy (non-hydrogen) atoms. The van der Waals surface area contributed by atoms with Gasteiger partial charge in [-0.05, 0) is 37.2 Å². The van der Waals surface area contributed by atoms with Gasteiger partial charge in [-0.2, -0.15) is 0 Å². The van der Waals surface area contributed by atoms with Crippen LogP contribution in [0.25, 0.3) is 0 Å². The summed E-state index contributed by atoms with van der Waals surface area (Å²) in [5, 5.41) is 2.41. The maximum Gasteiger partial charge on any atom is 0.312 e. The number of primary amides is 1. The molecule has 3 aliphatic carbocycles. The van der Waals surface area contributed by atoms with Gasteiger partial charge >= 0.3 is 6.03 Å². The maximum absolute atomic E-state index is 12.4. The predicted octanol–water partition coefficient (Wildman–Crippen LogP) is 1.28. The Bertz CT molecular complexity index is 527. The molecule has 0 aliphatic heterocycles. The van der Waals surface area contributed by atoms with Crippen molar-refractivity contribution in [2.24, 2.45) is 11.7 Å². The van der Waals surface area contributed by atoms with E-state index in [0.717, 1.165) is 31.6 Å². The monoisotopic (exact) mass is 287 g/mol. The van der Waals surface area contributed by atoms with Crippen molar-refractivity contribution in [3.63, 3.8) is 0 Å². The van der Waals surface area contributed by atoms with Crippen molar-refractivity contribution in [3.8, 4) is 0 Å². The third-order valence-electron chi connectivity index (χ3n) is 4.76. The summed E-state index contributed by atoms with van der Waals surface area (Å²) in [6.07, 6.45) is 4.19. The van der Waals surface area contributed by atoms with Gasteiger partial charge in [0.1, 0.15) is 0 Å². The lowest BCUT2D eigenvalue weighted by atomic mass is 9.49. The molecule has 3 N–H and O–H groups in total. The van der Waals surface area contributed by atoms with Gasteiger partial charge in [0, 0.05) is 12.1 Å². The average Bonchev–Trinajstić information content (AvgIpc) is 2.38. The summed E-state index contributed by atoms with van der Waals surface area (Å²) in [7, 11) is 0. The number of urea groups is 1. The highest BCUT2D eigenvalue weighted by atomic mass is 16.2. The lowest BCUT2D eigenvalue weighted by Crippen LogP contribution is -2.70. The van der Waals surface area contributed by atoms with Crippen LogP contribution < -0.4 is 11.1 Å². The van der Waals surface area contributed by atoms with E-state index in [4.69, 9.17) is 5.73 Å². The van der Waals surface area contributed by atoms with Gasteiger partial charge in [0.2, 0.25) is 5.91 Å². The maximum atomic E-state index is 12.4. The number of nitrogens with two attached hydrogens (primary N) is 1. The third kappa shape index (κ3) is 2.73. The van der Waals surface area contributed by atoms with Gasteiger partial charge < -0.3 is 16.0 Å². The number of nitrogens with zero attached hydrogens (tertiary/aromatic N) is 1. The van der Waals surface area contributed by atoms with E-state index in [-0.39, 0.29) is 18.0 Å². The van der Waals surface area contributed by atoms with Gasteiger partial charge in [-0.1, -0.05) is 30.3 Å². The Labute approximate surface area is 124 Å². The second-order valence-electron chi connectivity index (χ2n) is 6.20. The van der Waals surface area contributed by atoms with Crippen LogP contribution in [0.5, 0.6) is 0 Å². The summed E-state index contributed by atoms with van der Waals surface area (Å²) in [5.41, 5.74) is 6.34. The number of hydrogen-bond donors (Lipinski definition) is 2. The van der Waals surface area contributed by atoms with Crippen LogP contribution in [0.1, 0.15) is 24.8 Å². The van der Waals surface area contributed by atoms with Crippen molar-refractivity contribution in [1.82, 2.24) is 10.2 Å². The van der Waals surface area contributed by atoms with E-state index in [2.05, 4.69) is 17.4 Å². The first-order valence-corrected chi connectivity index (χ1v) is 7.47. The lowest BCUT2D eigenvalue weighted by Gasteiger charge is -2.66. The van der Waals surface area contributed by atoms with Crippen molar-refractivity contribution in [3.05, 3.63) is 35.9 Å². The zero-order valence-electron chi connectivity index (χ0n) is 12.0. The number of benzene rings is 1. The number of hydrogen-bond acceptors (Lipinski definition) is 2. The number of nitrogens with one attached hydrogen (secondary N) is 1. The molecule has 2 bridgehead atoms. The molecule has 0 radical (unpaired) electrons. The molecule has 1 aromatic carbocycles. The first-order chi connectivity index (χ1) is 10.1. The van der Waals surface area contributed by atoms with Crippen LogP contribution in [0.2, 0.25) is 0 Å².